The van der Waals surface area contributed by atoms with Crippen molar-refractivity contribution in [2.24, 2.45) is 0 Å². The van der Waals surface area contributed by atoms with Crippen LogP contribution in [0, 0.1) is 5.82 Å². The number of carbonyl (C=O) groups excluding carboxylic acids is 1. The Labute approximate surface area is 121 Å². The minimum Gasteiger partial charge on any atom is -0.397 e. The van der Waals surface area contributed by atoms with Gasteiger partial charge in [0.05, 0.1) is 17.1 Å². The van der Waals surface area contributed by atoms with Crippen LogP contribution >= 0.6 is 11.8 Å². The summed E-state index contributed by atoms with van der Waals surface area (Å²) in [4.78, 5) is 11.8. The molecule has 5 heteroatoms. The Kier molecular flexibility index (Phi) is 5.01. The fourth-order valence-electron chi connectivity index (χ4n) is 1.67. The van der Waals surface area contributed by atoms with E-state index in [4.69, 9.17) is 5.73 Å². The van der Waals surface area contributed by atoms with Crippen molar-refractivity contribution in [1.82, 2.24) is 0 Å². The van der Waals surface area contributed by atoms with Crippen LogP contribution in [0.4, 0.5) is 15.8 Å². The molecule has 0 aromatic heterocycles. The molecular weight excluding hydrogens is 275 g/mol. The number of hydrogen-bond acceptors (Lipinski definition) is 3. The topological polar surface area (TPSA) is 55.1 Å². The third kappa shape index (κ3) is 4.28. The lowest BCUT2D eigenvalue weighted by atomic mass is 10.2. The van der Waals surface area contributed by atoms with E-state index < -0.39 is 5.82 Å². The first-order valence-corrected chi connectivity index (χ1v) is 7.27. The molecule has 0 bridgehead atoms. The molecule has 2 rings (SSSR count). The largest absolute Gasteiger partial charge is 0.397 e. The van der Waals surface area contributed by atoms with E-state index in [9.17, 15) is 9.18 Å². The second-order valence-electron chi connectivity index (χ2n) is 4.26. The van der Waals surface area contributed by atoms with Crippen molar-refractivity contribution in [2.45, 2.75) is 5.75 Å². The molecule has 0 aliphatic carbocycles. The summed E-state index contributed by atoms with van der Waals surface area (Å²) in [5.41, 5.74) is 7.47. The van der Waals surface area contributed by atoms with Crippen molar-refractivity contribution < 1.29 is 9.18 Å². The van der Waals surface area contributed by atoms with Gasteiger partial charge in [0, 0.05) is 5.75 Å². The number of nitrogen functional groups attached to an aromatic ring is 1. The zero-order valence-corrected chi connectivity index (χ0v) is 11.6. The summed E-state index contributed by atoms with van der Waals surface area (Å²) < 4.78 is 12.9. The van der Waals surface area contributed by atoms with Crippen LogP contribution in [0.3, 0.4) is 0 Å². The summed E-state index contributed by atoms with van der Waals surface area (Å²) in [5.74, 6) is 0.530. The molecule has 0 saturated carbocycles. The predicted octanol–water partition coefficient (Wildman–Crippen LogP) is 3.28. The van der Waals surface area contributed by atoms with Crippen molar-refractivity contribution in [3.63, 3.8) is 0 Å². The van der Waals surface area contributed by atoms with E-state index in [1.54, 1.807) is 0 Å². The van der Waals surface area contributed by atoms with Gasteiger partial charge in [0.1, 0.15) is 5.82 Å². The summed E-state index contributed by atoms with van der Waals surface area (Å²) in [7, 11) is 0. The van der Waals surface area contributed by atoms with Crippen molar-refractivity contribution in [3.8, 4) is 0 Å². The first-order valence-electron chi connectivity index (χ1n) is 6.11. The van der Waals surface area contributed by atoms with Gasteiger partial charge >= 0.3 is 0 Å². The summed E-state index contributed by atoms with van der Waals surface area (Å²) in [6, 6.07) is 13.8. The van der Waals surface area contributed by atoms with Crippen LogP contribution in [0.25, 0.3) is 0 Å². The van der Waals surface area contributed by atoms with Gasteiger partial charge in [-0.3, -0.25) is 4.79 Å². The Balaban J connectivity index is 1.81. The molecule has 2 aromatic rings. The molecule has 104 valence electrons. The van der Waals surface area contributed by atoms with Crippen LogP contribution in [-0.4, -0.2) is 11.7 Å². The summed E-state index contributed by atoms with van der Waals surface area (Å²) in [5, 5.41) is 2.67. The summed E-state index contributed by atoms with van der Waals surface area (Å²) >= 11 is 1.52. The number of rotatable bonds is 5. The molecule has 0 aliphatic heterocycles. The third-order valence-electron chi connectivity index (χ3n) is 2.63. The van der Waals surface area contributed by atoms with E-state index >= 15 is 0 Å². The lowest BCUT2D eigenvalue weighted by molar-refractivity contribution is -0.113. The zero-order chi connectivity index (χ0) is 14.4. The van der Waals surface area contributed by atoms with Gasteiger partial charge in [-0.15, -0.1) is 11.8 Å². The molecule has 20 heavy (non-hydrogen) atoms. The van der Waals surface area contributed by atoms with Crippen LogP contribution in [0.1, 0.15) is 5.56 Å². The van der Waals surface area contributed by atoms with Crippen molar-refractivity contribution in [3.05, 3.63) is 59.9 Å². The Morgan fingerprint density at radius 3 is 2.65 bits per heavy atom. The molecule has 3 nitrogen and oxygen atoms in total. The van der Waals surface area contributed by atoms with Gasteiger partial charge in [0.15, 0.2) is 0 Å². The predicted molar refractivity (Wildman–Crippen MR) is 82.0 cm³/mol. The lowest BCUT2D eigenvalue weighted by Crippen LogP contribution is -2.15. The highest BCUT2D eigenvalue weighted by Crippen LogP contribution is 2.19. The average Bonchev–Trinajstić information content (AvgIpc) is 2.43. The minimum atomic E-state index is -0.418. The van der Waals surface area contributed by atoms with Crippen LogP contribution in [0.15, 0.2) is 48.5 Å². The monoisotopic (exact) mass is 290 g/mol. The Morgan fingerprint density at radius 2 is 1.95 bits per heavy atom. The molecule has 0 unspecified atom stereocenters. The molecule has 0 heterocycles. The number of benzene rings is 2. The van der Waals surface area contributed by atoms with Crippen LogP contribution in [0.5, 0.6) is 0 Å². The number of anilines is 2. The average molecular weight is 290 g/mol. The molecule has 1 amide bonds. The Hall–Kier alpha value is -2.01. The standard InChI is InChI=1S/C15H15FN2OS/c16-12-6-7-14(13(17)8-12)18-15(19)10-20-9-11-4-2-1-3-5-11/h1-8H,9-10,17H2,(H,18,19). The molecular formula is C15H15FN2OS. The number of nitrogens with one attached hydrogen (secondary N) is 1. The van der Waals surface area contributed by atoms with Gasteiger partial charge in [0.2, 0.25) is 5.91 Å². The van der Waals surface area contributed by atoms with E-state index in [1.807, 2.05) is 30.3 Å². The number of thioether (sulfide) groups is 1. The molecule has 0 aliphatic rings. The normalized spacial score (nSPS) is 10.2. The molecule has 2 aromatic carbocycles. The first kappa shape index (κ1) is 14.4. The quantitative estimate of drug-likeness (QED) is 0.831. The SMILES string of the molecule is Nc1cc(F)ccc1NC(=O)CSCc1ccccc1. The molecule has 0 saturated heterocycles. The van der Waals surface area contributed by atoms with Gasteiger partial charge in [-0.25, -0.2) is 4.39 Å². The lowest BCUT2D eigenvalue weighted by Gasteiger charge is -2.08. The summed E-state index contributed by atoms with van der Waals surface area (Å²) in [6.07, 6.45) is 0. The molecule has 0 spiro atoms. The maximum absolute atomic E-state index is 12.9. The third-order valence-corrected chi connectivity index (χ3v) is 3.64. The van der Waals surface area contributed by atoms with E-state index in [2.05, 4.69) is 5.32 Å². The maximum Gasteiger partial charge on any atom is 0.234 e. The maximum atomic E-state index is 12.9. The van der Waals surface area contributed by atoms with Gasteiger partial charge in [0.25, 0.3) is 0 Å². The van der Waals surface area contributed by atoms with E-state index in [-0.39, 0.29) is 11.6 Å². The van der Waals surface area contributed by atoms with Crippen LogP contribution in [0.2, 0.25) is 0 Å². The van der Waals surface area contributed by atoms with Crippen molar-refractivity contribution >= 4 is 29.0 Å². The van der Waals surface area contributed by atoms with E-state index in [0.717, 1.165) is 5.75 Å². The fraction of sp³-hybridized carbons (Fsp3) is 0.133. The number of halogens is 1. The fourth-order valence-corrected chi connectivity index (χ4v) is 2.46. The van der Waals surface area contributed by atoms with Crippen molar-refractivity contribution in [1.29, 1.82) is 0 Å². The van der Waals surface area contributed by atoms with E-state index in [0.29, 0.717) is 11.4 Å². The number of carbonyl (C=O) groups is 1. The molecule has 0 fully saturated rings. The second-order valence-corrected chi connectivity index (χ2v) is 5.24. The van der Waals surface area contributed by atoms with Crippen LogP contribution in [-0.2, 0) is 10.5 Å². The smallest absolute Gasteiger partial charge is 0.234 e. The molecule has 0 atom stereocenters. The number of amides is 1. The van der Waals surface area contributed by atoms with Crippen LogP contribution < -0.4 is 11.1 Å². The summed E-state index contributed by atoms with van der Waals surface area (Å²) in [6.45, 7) is 0. The highest BCUT2D eigenvalue weighted by atomic mass is 32.2. The number of hydrogen-bond donors (Lipinski definition) is 2. The van der Waals surface area contributed by atoms with Gasteiger partial charge in [-0.05, 0) is 23.8 Å². The Bertz CT molecular complexity index is 590. The minimum absolute atomic E-state index is 0.149. The number of nitrogens with two attached hydrogens (primary N) is 1. The zero-order valence-electron chi connectivity index (χ0n) is 10.8. The van der Waals surface area contributed by atoms with Gasteiger partial charge < -0.3 is 11.1 Å². The van der Waals surface area contributed by atoms with Gasteiger partial charge in [-0.2, -0.15) is 0 Å². The highest BCUT2D eigenvalue weighted by molar-refractivity contribution is 7.99. The molecule has 0 radical (unpaired) electrons. The Morgan fingerprint density at radius 1 is 1.20 bits per heavy atom. The highest BCUT2D eigenvalue weighted by Gasteiger charge is 2.06. The van der Waals surface area contributed by atoms with Crippen molar-refractivity contribution in [2.75, 3.05) is 16.8 Å². The van der Waals surface area contributed by atoms with E-state index in [1.165, 1.54) is 35.5 Å². The molecule has 3 N–H and O–H groups in total. The van der Waals surface area contributed by atoms with Gasteiger partial charge in [-0.1, -0.05) is 30.3 Å². The second kappa shape index (κ2) is 6.96. The first-order chi connectivity index (χ1) is 9.65.